The summed E-state index contributed by atoms with van der Waals surface area (Å²) in [6, 6.07) is 0.922. The number of likely N-dealkylation sites (N-methyl/N-ethyl adjacent to an activating group) is 1. The maximum atomic E-state index is 11.7. The van der Waals surface area contributed by atoms with Gasteiger partial charge in [0.2, 0.25) is 5.91 Å². The van der Waals surface area contributed by atoms with Crippen LogP contribution in [0.2, 0.25) is 0 Å². The predicted molar refractivity (Wildman–Crippen MR) is 54.8 cm³/mol. The van der Waals surface area contributed by atoms with Crippen LogP contribution in [0.15, 0.2) is 0 Å². The van der Waals surface area contributed by atoms with E-state index in [1.165, 1.54) is 12.8 Å². The second-order valence-corrected chi connectivity index (χ2v) is 4.44. The van der Waals surface area contributed by atoms with Gasteiger partial charge in [-0.1, -0.05) is 0 Å². The summed E-state index contributed by atoms with van der Waals surface area (Å²) < 4.78 is 0. The number of rotatable bonds is 3. The summed E-state index contributed by atoms with van der Waals surface area (Å²) in [5.41, 5.74) is 5.44. The van der Waals surface area contributed by atoms with Gasteiger partial charge in [-0.05, 0) is 32.9 Å². The van der Waals surface area contributed by atoms with E-state index >= 15 is 0 Å². The lowest BCUT2D eigenvalue weighted by Gasteiger charge is -2.28. The summed E-state index contributed by atoms with van der Waals surface area (Å²) in [6.45, 7) is 2.28. The monoisotopic (exact) mass is 197 g/mol. The van der Waals surface area contributed by atoms with E-state index in [4.69, 9.17) is 5.73 Å². The second kappa shape index (κ2) is 3.87. The standard InChI is InChI=1S/C10H19N3O/c1-12-5-4-9(7-12)13(8-2-3-8)10(14)6-11/h8-9H,2-7,11H2,1H3/t9-/m0/s1. The number of hydrogen-bond acceptors (Lipinski definition) is 3. The highest BCUT2D eigenvalue weighted by atomic mass is 16.2. The Labute approximate surface area is 85.0 Å². The molecule has 2 aliphatic rings. The molecular weight excluding hydrogens is 178 g/mol. The van der Waals surface area contributed by atoms with E-state index in [2.05, 4.69) is 11.9 Å². The Kier molecular flexibility index (Phi) is 2.74. The molecule has 4 heteroatoms. The molecule has 0 radical (unpaired) electrons. The summed E-state index contributed by atoms with van der Waals surface area (Å²) in [7, 11) is 2.11. The Morgan fingerprint density at radius 1 is 1.43 bits per heavy atom. The zero-order chi connectivity index (χ0) is 10.1. The number of hydrogen-bond donors (Lipinski definition) is 1. The summed E-state index contributed by atoms with van der Waals surface area (Å²) >= 11 is 0. The third-order valence-electron chi connectivity index (χ3n) is 3.16. The smallest absolute Gasteiger partial charge is 0.236 e. The molecule has 2 fully saturated rings. The third-order valence-corrected chi connectivity index (χ3v) is 3.16. The van der Waals surface area contributed by atoms with Gasteiger partial charge in [0, 0.05) is 18.6 Å². The topological polar surface area (TPSA) is 49.6 Å². The average molecular weight is 197 g/mol. The molecular formula is C10H19N3O. The van der Waals surface area contributed by atoms with Crippen molar-refractivity contribution in [1.82, 2.24) is 9.80 Å². The molecule has 1 amide bonds. The predicted octanol–water partition coefficient (Wildman–Crippen LogP) is -0.360. The number of likely N-dealkylation sites (tertiary alicyclic amines) is 1. The molecule has 2 rings (SSSR count). The van der Waals surface area contributed by atoms with E-state index in [0.29, 0.717) is 12.1 Å². The van der Waals surface area contributed by atoms with Gasteiger partial charge >= 0.3 is 0 Å². The highest BCUT2D eigenvalue weighted by Gasteiger charge is 2.38. The van der Waals surface area contributed by atoms with Gasteiger partial charge in [-0.25, -0.2) is 0 Å². The maximum absolute atomic E-state index is 11.7. The van der Waals surface area contributed by atoms with Crippen LogP contribution in [0.1, 0.15) is 19.3 Å². The number of nitrogens with two attached hydrogens (primary N) is 1. The van der Waals surface area contributed by atoms with E-state index < -0.39 is 0 Å². The van der Waals surface area contributed by atoms with Crippen LogP contribution >= 0.6 is 0 Å². The number of amides is 1. The zero-order valence-electron chi connectivity index (χ0n) is 8.78. The lowest BCUT2D eigenvalue weighted by atomic mass is 10.2. The second-order valence-electron chi connectivity index (χ2n) is 4.44. The van der Waals surface area contributed by atoms with Gasteiger partial charge in [0.05, 0.1) is 6.54 Å². The molecule has 0 aromatic heterocycles. The molecule has 0 bridgehead atoms. The molecule has 80 valence electrons. The van der Waals surface area contributed by atoms with Crippen LogP contribution in [0.5, 0.6) is 0 Å². The summed E-state index contributed by atoms with van der Waals surface area (Å²) in [6.07, 6.45) is 3.46. The van der Waals surface area contributed by atoms with Crippen molar-refractivity contribution < 1.29 is 4.79 Å². The fourth-order valence-corrected chi connectivity index (χ4v) is 2.30. The molecule has 1 atom stereocenters. The molecule has 1 heterocycles. The van der Waals surface area contributed by atoms with Gasteiger partial charge in [0.15, 0.2) is 0 Å². The SMILES string of the molecule is CN1CC[C@H](N(C(=O)CN)C2CC2)C1. The Morgan fingerprint density at radius 3 is 2.57 bits per heavy atom. The largest absolute Gasteiger partial charge is 0.334 e. The Bertz CT molecular complexity index is 227. The Hall–Kier alpha value is -0.610. The van der Waals surface area contributed by atoms with Gasteiger partial charge in [0.1, 0.15) is 0 Å². The number of nitrogens with zero attached hydrogens (tertiary/aromatic N) is 2. The average Bonchev–Trinajstić information content (AvgIpc) is 2.90. The van der Waals surface area contributed by atoms with E-state index in [9.17, 15) is 4.79 Å². The molecule has 0 spiro atoms. The highest BCUT2D eigenvalue weighted by molar-refractivity contribution is 5.79. The molecule has 2 N–H and O–H groups in total. The molecule has 1 aliphatic heterocycles. The van der Waals surface area contributed by atoms with Crippen LogP contribution < -0.4 is 5.73 Å². The van der Waals surface area contributed by atoms with E-state index in [-0.39, 0.29) is 12.5 Å². The highest BCUT2D eigenvalue weighted by Crippen LogP contribution is 2.31. The minimum atomic E-state index is 0.132. The van der Waals surface area contributed by atoms with E-state index in [0.717, 1.165) is 19.5 Å². The van der Waals surface area contributed by atoms with Gasteiger partial charge in [-0.2, -0.15) is 0 Å². The molecule has 1 saturated carbocycles. The fraction of sp³-hybridized carbons (Fsp3) is 0.900. The summed E-state index contributed by atoms with van der Waals surface area (Å²) in [4.78, 5) is 16.0. The molecule has 0 unspecified atom stereocenters. The van der Waals surface area contributed by atoms with Crippen molar-refractivity contribution in [3.8, 4) is 0 Å². The van der Waals surface area contributed by atoms with Gasteiger partial charge < -0.3 is 15.5 Å². The zero-order valence-corrected chi connectivity index (χ0v) is 8.78. The first-order valence-electron chi connectivity index (χ1n) is 5.42. The van der Waals surface area contributed by atoms with Gasteiger partial charge in [-0.15, -0.1) is 0 Å². The Balaban J connectivity index is 1.99. The first kappa shape index (κ1) is 9.93. The van der Waals surface area contributed by atoms with Crippen molar-refractivity contribution in [2.75, 3.05) is 26.7 Å². The van der Waals surface area contributed by atoms with Crippen LogP contribution in [-0.4, -0.2) is 54.5 Å². The quantitative estimate of drug-likeness (QED) is 0.672. The van der Waals surface area contributed by atoms with E-state index in [1.54, 1.807) is 0 Å². The third kappa shape index (κ3) is 1.91. The molecule has 14 heavy (non-hydrogen) atoms. The van der Waals surface area contributed by atoms with Crippen molar-refractivity contribution >= 4 is 5.91 Å². The first-order valence-corrected chi connectivity index (χ1v) is 5.42. The van der Waals surface area contributed by atoms with Crippen LogP contribution in [0.4, 0.5) is 0 Å². The first-order chi connectivity index (χ1) is 6.72. The molecule has 0 aromatic rings. The lowest BCUT2D eigenvalue weighted by molar-refractivity contribution is -0.132. The fourth-order valence-electron chi connectivity index (χ4n) is 2.30. The van der Waals surface area contributed by atoms with Crippen molar-refractivity contribution in [3.63, 3.8) is 0 Å². The minimum Gasteiger partial charge on any atom is -0.334 e. The van der Waals surface area contributed by atoms with Gasteiger partial charge in [-0.3, -0.25) is 4.79 Å². The van der Waals surface area contributed by atoms with Crippen LogP contribution in [0.25, 0.3) is 0 Å². The number of carbonyl (C=O) groups excluding carboxylic acids is 1. The molecule has 1 aliphatic carbocycles. The maximum Gasteiger partial charge on any atom is 0.236 e. The summed E-state index contributed by atoms with van der Waals surface area (Å²) in [5, 5.41) is 0. The Morgan fingerprint density at radius 2 is 2.14 bits per heavy atom. The molecule has 0 aromatic carbocycles. The van der Waals surface area contributed by atoms with Crippen molar-refractivity contribution in [3.05, 3.63) is 0 Å². The molecule has 1 saturated heterocycles. The van der Waals surface area contributed by atoms with Crippen molar-refractivity contribution in [2.24, 2.45) is 5.73 Å². The number of carbonyl (C=O) groups is 1. The van der Waals surface area contributed by atoms with Gasteiger partial charge in [0.25, 0.3) is 0 Å². The molecule has 4 nitrogen and oxygen atoms in total. The minimum absolute atomic E-state index is 0.132. The lowest BCUT2D eigenvalue weighted by Crippen LogP contribution is -2.46. The van der Waals surface area contributed by atoms with Crippen LogP contribution in [0.3, 0.4) is 0 Å². The van der Waals surface area contributed by atoms with E-state index in [1.807, 2.05) is 4.90 Å². The van der Waals surface area contributed by atoms with Crippen molar-refractivity contribution in [2.45, 2.75) is 31.3 Å². The van der Waals surface area contributed by atoms with Crippen LogP contribution in [0, 0.1) is 0 Å². The van der Waals surface area contributed by atoms with Crippen LogP contribution in [-0.2, 0) is 4.79 Å². The summed E-state index contributed by atoms with van der Waals surface area (Å²) in [5.74, 6) is 0.132. The normalized spacial score (nSPS) is 28.0. The van der Waals surface area contributed by atoms with Crippen molar-refractivity contribution in [1.29, 1.82) is 0 Å².